The monoisotopic (exact) mass is 255 g/mol. The molecule has 1 aliphatic carbocycles. The van der Waals surface area contributed by atoms with E-state index >= 15 is 0 Å². The summed E-state index contributed by atoms with van der Waals surface area (Å²) in [5, 5.41) is 10.1. The zero-order chi connectivity index (χ0) is 13.0. The van der Waals surface area contributed by atoms with Gasteiger partial charge in [-0.3, -0.25) is 4.79 Å². The maximum absolute atomic E-state index is 12.1. The van der Waals surface area contributed by atoms with Gasteiger partial charge in [-0.1, -0.05) is 12.8 Å². The molecule has 0 aromatic heterocycles. The Morgan fingerprint density at radius 1 is 1.28 bits per heavy atom. The number of amides is 1. The molecule has 0 bridgehead atoms. The predicted molar refractivity (Wildman–Crippen MR) is 69.2 cm³/mol. The summed E-state index contributed by atoms with van der Waals surface area (Å²) < 4.78 is 4.98. The third kappa shape index (κ3) is 3.04. The van der Waals surface area contributed by atoms with Crippen molar-refractivity contribution in [3.8, 4) is 0 Å². The van der Waals surface area contributed by atoms with Gasteiger partial charge >= 0.3 is 0 Å². The molecule has 0 aromatic carbocycles. The van der Waals surface area contributed by atoms with Gasteiger partial charge in [-0.2, -0.15) is 0 Å². The minimum absolute atomic E-state index is 0.192. The van der Waals surface area contributed by atoms with Crippen molar-refractivity contribution in [1.82, 2.24) is 4.90 Å². The van der Waals surface area contributed by atoms with Gasteiger partial charge in [-0.25, -0.2) is 0 Å². The summed E-state index contributed by atoms with van der Waals surface area (Å²) in [4.78, 5) is 14.1. The smallest absolute Gasteiger partial charge is 0.225 e. The number of carbonyl (C=O) groups excluding carboxylic acids is 1. The number of hydrogen-bond donors (Lipinski definition) is 1. The topological polar surface area (TPSA) is 49.8 Å². The fraction of sp³-hybridized carbons (Fsp3) is 0.929. The molecule has 2 aliphatic rings. The second-order valence-corrected chi connectivity index (χ2v) is 5.56. The quantitative estimate of drug-likeness (QED) is 0.829. The van der Waals surface area contributed by atoms with Crippen LogP contribution in [-0.2, 0) is 9.53 Å². The van der Waals surface area contributed by atoms with Gasteiger partial charge < -0.3 is 14.7 Å². The van der Waals surface area contributed by atoms with Crippen LogP contribution in [0.25, 0.3) is 0 Å². The van der Waals surface area contributed by atoms with Crippen molar-refractivity contribution >= 4 is 5.91 Å². The summed E-state index contributed by atoms with van der Waals surface area (Å²) in [5.74, 6) is 0.491. The van der Waals surface area contributed by atoms with Crippen LogP contribution in [-0.4, -0.2) is 48.3 Å². The van der Waals surface area contributed by atoms with E-state index < -0.39 is 0 Å². The standard InChI is InChI=1S/C14H25NO3/c1-18-10-8-14(17)15-9-4-6-12(15)11-5-2-3-7-13(11)16/h11-13,16H,2-10H2,1H3/t11-,12+,13+/m0/s1. The number of nitrogens with zero attached hydrogens (tertiary/aromatic N) is 1. The van der Waals surface area contributed by atoms with Gasteiger partial charge in [-0.05, 0) is 25.7 Å². The summed E-state index contributed by atoms with van der Waals surface area (Å²) in [6.45, 7) is 1.35. The van der Waals surface area contributed by atoms with Crippen molar-refractivity contribution in [3.05, 3.63) is 0 Å². The molecule has 1 saturated carbocycles. The van der Waals surface area contributed by atoms with Crippen LogP contribution >= 0.6 is 0 Å². The Morgan fingerprint density at radius 3 is 2.78 bits per heavy atom. The first-order chi connectivity index (χ1) is 8.74. The third-order valence-corrected chi connectivity index (χ3v) is 4.42. The number of methoxy groups -OCH3 is 1. The van der Waals surface area contributed by atoms with Crippen LogP contribution in [0.15, 0.2) is 0 Å². The Bertz CT molecular complexity index is 282. The van der Waals surface area contributed by atoms with Crippen LogP contribution in [0.4, 0.5) is 0 Å². The van der Waals surface area contributed by atoms with Crippen LogP contribution in [0.2, 0.25) is 0 Å². The van der Waals surface area contributed by atoms with Gasteiger partial charge in [-0.15, -0.1) is 0 Å². The Hall–Kier alpha value is -0.610. The van der Waals surface area contributed by atoms with Gasteiger partial charge in [0.05, 0.1) is 19.1 Å². The predicted octanol–water partition coefficient (Wildman–Crippen LogP) is 1.56. The van der Waals surface area contributed by atoms with Gasteiger partial charge in [0.25, 0.3) is 0 Å². The zero-order valence-corrected chi connectivity index (χ0v) is 11.3. The van der Waals surface area contributed by atoms with Gasteiger partial charge in [0, 0.05) is 25.6 Å². The summed E-state index contributed by atoms with van der Waals surface area (Å²) in [7, 11) is 1.62. The molecule has 2 fully saturated rings. The van der Waals surface area contributed by atoms with E-state index in [-0.39, 0.29) is 18.1 Å². The molecule has 1 heterocycles. The highest BCUT2D eigenvalue weighted by Gasteiger charge is 2.38. The molecule has 0 radical (unpaired) electrons. The summed E-state index contributed by atoms with van der Waals surface area (Å²) >= 11 is 0. The molecule has 0 spiro atoms. The molecule has 4 nitrogen and oxygen atoms in total. The van der Waals surface area contributed by atoms with Gasteiger partial charge in [0.2, 0.25) is 5.91 Å². The number of rotatable bonds is 4. The molecule has 0 aromatic rings. The molecule has 18 heavy (non-hydrogen) atoms. The maximum atomic E-state index is 12.1. The van der Waals surface area contributed by atoms with Crippen LogP contribution in [0.1, 0.15) is 44.9 Å². The Kier molecular flexibility index (Phi) is 5.01. The lowest BCUT2D eigenvalue weighted by molar-refractivity contribution is -0.135. The minimum Gasteiger partial charge on any atom is -0.393 e. The van der Waals surface area contributed by atoms with Gasteiger partial charge in [0.1, 0.15) is 0 Å². The number of aliphatic hydroxyl groups excluding tert-OH is 1. The second kappa shape index (κ2) is 6.53. The molecule has 1 saturated heterocycles. The van der Waals surface area contributed by atoms with Crippen molar-refractivity contribution in [1.29, 1.82) is 0 Å². The average molecular weight is 255 g/mol. The number of aliphatic hydroxyl groups is 1. The second-order valence-electron chi connectivity index (χ2n) is 5.56. The van der Waals surface area contributed by atoms with Crippen molar-refractivity contribution in [2.24, 2.45) is 5.92 Å². The zero-order valence-electron chi connectivity index (χ0n) is 11.3. The molecule has 104 valence electrons. The van der Waals surface area contributed by atoms with Gasteiger partial charge in [0.15, 0.2) is 0 Å². The van der Waals surface area contributed by atoms with Crippen LogP contribution in [0, 0.1) is 5.92 Å². The lowest BCUT2D eigenvalue weighted by atomic mass is 9.80. The number of carbonyl (C=O) groups is 1. The summed E-state index contributed by atoms with van der Waals surface area (Å²) in [6, 6.07) is 0.268. The lowest BCUT2D eigenvalue weighted by Gasteiger charge is -2.37. The molecule has 1 amide bonds. The van der Waals surface area contributed by atoms with Crippen molar-refractivity contribution in [2.45, 2.75) is 57.1 Å². The van der Waals surface area contributed by atoms with E-state index in [1.807, 2.05) is 4.90 Å². The number of hydrogen-bond acceptors (Lipinski definition) is 3. The highest BCUT2D eigenvalue weighted by Crippen LogP contribution is 2.34. The van der Waals surface area contributed by atoms with E-state index in [0.29, 0.717) is 18.9 Å². The molecule has 4 heteroatoms. The number of likely N-dealkylation sites (tertiary alicyclic amines) is 1. The van der Waals surface area contributed by atoms with Crippen molar-refractivity contribution in [2.75, 3.05) is 20.3 Å². The molecular formula is C14H25NO3. The maximum Gasteiger partial charge on any atom is 0.225 e. The third-order valence-electron chi connectivity index (χ3n) is 4.42. The highest BCUT2D eigenvalue weighted by atomic mass is 16.5. The molecule has 3 atom stereocenters. The summed E-state index contributed by atoms with van der Waals surface area (Å²) in [6.07, 6.45) is 6.68. The first-order valence-corrected chi connectivity index (χ1v) is 7.20. The highest BCUT2D eigenvalue weighted by molar-refractivity contribution is 5.77. The Balaban J connectivity index is 1.95. The largest absolute Gasteiger partial charge is 0.393 e. The molecule has 1 N–H and O–H groups in total. The fourth-order valence-corrected chi connectivity index (χ4v) is 3.47. The lowest BCUT2D eigenvalue weighted by Crippen LogP contribution is -2.45. The van der Waals surface area contributed by atoms with Crippen molar-refractivity contribution in [3.63, 3.8) is 0 Å². The number of ether oxygens (including phenoxy) is 1. The van der Waals surface area contributed by atoms with E-state index in [4.69, 9.17) is 4.74 Å². The minimum atomic E-state index is -0.209. The molecule has 0 unspecified atom stereocenters. The SMILES string of the molecule is COCCC(=O)N1CCC[C@@H]1[C@@H]1CCCC[C@H]1O. The molecule has 1 aliphatic heterocycles. The van der Waals surface area contributed by atoms with Crippen LogP contribution < -0.4 is 0 Å². The van der Waals surface area contributed by atoms with E-state index in [2.05, 4.69) is 0 Å². The first kappa shape index (κ1) is 13.8. The summed E-state index contributed by atoms with van der Waals surface area (Å²) in [5.41, 5.74) is 0. The molecule has 2 rings (SSSR count). The fourth-order valence-electron chi connectivity index (χ4n) is 3.47. The van der Waals surface area contributed by atoms with E-state index in [1.54, 1.807) is 7.11 Å². The van der Waals surface area contributed by atoms with E-state index in [9.17, 15) is 9.90 Å². The van der Waals surface area contributed by atoms with E-state index in [1.165, 1.54) is 6.42 Å². The average Bonchev–Trinajstić information content (AvgIpc) is 2.85. The Labute approximate surface area is 109 Å². The van der Waals surface area contributed by atoms with Crippen molar-refractivity contribution < 1.29 is 14.6 Å². The Morgan fingerprint density at radius 2 is 2.06 bits per heavy atom. The normalized spacial score (nSPS) is 32.8. The van der Waals surface area contributed by atoms with Crippen LogP contribution in [0.3, 0.4) is 0 Å². The molecular weight excluding hydrogens is 230 g/mol. The van der Waals surface area contributed by atoms with Crippen LogP contribution in [0.5, 0.6) is 0 Å². The first-order valence-electron chi connectivity index (χ1n) is 7.20. The van der Waals surface area contributed by atoms with E-state index in [0.717, 1.165) is 38.6 Å².